The number of morpholine rings is 1. The molecule has 5 nitrogen and oxygen atoms in total. The van der Waals surface area contributed by atoms with Crippen molar-refractivity contribution >= 4 is 5.96 Å². The lowest BCUT2D eigenvalue weighted by Crippen LogP contribution is -2.44. The minimum atomic E-state index is 0.618. The Morgan fingerprint density at radius 1 is 1.25 bits per heavy atom. The van der Waals surface area contributed by atoms with E-state index in [0.717, 1.165) is 32.8 Å². The molecular formula is C15H24N4O. The number of nitrogens with zero attached hydrogens (tertiary/aromatic N) is 3. The summed E-state index contributed by atoms with van der Waals surface area (Å²) < 4.78 is 5.32. The lowest BCUT2D eigenvalue weighted by atomic mass is 10.1. The predicted molar refractivity (Wildman–Crippen MR) is 81.6 cm³/mol. The predicted octanol–water partition coefficient (Wildman–Crippen LogP) is 0.895. The topological polar surface area (TPSA) is 54.1 Å². The van der Waals surface area contributed by atoms with Crippen molar-refractivity contribution in [1.82, 2.24) is 9.80 Å². The quantitative estimate of drug-likeness (QED) is 0.655. The van der Waals surface area contributed by atoms with E-state index in [1.807, 2.05) is 0 Å². The maximum atomic E-state index is 6.06. The number of ether oxygens (including phenoxy) is 1. The van der Waals surface area contributed by atoms with Gasteiger partial charge >= 0.3 is 0 Å². The van der Waals surface area contributed by atoms with E-state index in [4.69, 9.17) is 10.5 Å². The number of nitrogens with two attached hydrogens (primary N) is 1. The van der Waals surface area contributed by atoms with Crippen molar-refractivity contribution in [1.29, 1.82) is 0 Å². The second-order valence-electron chi connectivity index (χ2n) is 5.28. The first kappa shape index (κ1) is 14.8. The van der Waals surface area contributed by atoms with Crippen LogP contribution in [-0.2, 0) is 17.8 Å². The van der Waals surface area contributed by atoms with Crippen LogP contribution in [0.4, 0.5) is 0 Å². The molecule has 2 rings (SSSR count). The molecule has 1 aliphatic heterocycles. The van der Waals surface area contributed by atoms with Crippen molar-refractivity contribution in [2.45, 2.75) is 13.1 Å². The third kappa shape index (κ3) is 4.21. The van der Waals surface area contributed by atoms with Crippen molar-refractivity contribution in [3.05, 3.63) is 35.4 Å². The van der Waals surface area contributed by atoms with E-state index < -0.39 is 0 Å². The molecule has 0 atom stereocenters. The second kappa shape index (κ2) is 7.26. The molecule has 5 heteroatoms. The SMILES string of the molecule is CN(C)Cc1ccccc1CN=C(N)N1CCOCC1. The number of hydrogen-bond acceptors (Lipinski definition) is 3. The van der Waals surface area contributed by atoms with Gasteiger partial charge in [0.1, 0.15) is 0 Å². The van der Waals surface area contributed by atoms with Crippen molar-refractivity contribution in [2.24, 2.45) is 10.7 Å². The molecule has 1 fully saturated rings. The van der Waals surface area contributed by atoms with Crippen LogP contribution in [0, 0.1) is 0 Å². The van der Waals surface area contributed by atoms with Crippen LogP contribution in [0.25, 0.3) is 0 Å². The zero-order chi connectivity index (χ0) is 14.4. The smallest absolute Gasteiger partial charge is 0.191 e. The normalized spacial score (nSPS) is 16.8. The van der Waals surface area contributed by atoms with Gasteiger partial charge in [-0.15, -0.1) is 0 Å². The molecule has 0 unspecified atom stereocenters. The molecule has 1 aromatic rings. The summed E-state index contributed by atoms with van der Waals surface area (Å²) in [5.74, 6) is 0.618. The van der Waals surface area contributed by atoms with E-state index in [1.165, 1.54) is 11.1 Å². The van der Waals surface area contributed by atoms with Crippen LogP contribution in [0.15, 0.2) is 29.3 Å². The average molecular weight is 276 g/mol. The second-order valence-corrected chi connectivity index (χ2v) is 5.28. The van der Waals surface area contributed by atoms with Gasteiger partial charge in [-0.25, -0.2) is 4.99 Å². The molecule has 1 aliphatic rings. The van der Waals surface area contributed by atoms with E-state index in [-0.39, 0.29) is 0 Å². The van der Waals surface area contributed by atoms with Crippen LogP contribution in [0.2, 0.25) is 0 Å². The first-order valence-electron chi connectivity index (χ1n) is 7.01. The van der Waals surface area contributed by atoms with Crippen LogP contribution < -0.4 is 5.73 Å². The van der Waals surface area contributed by atoms with Gasteiger partial charge in [0.2, 0.25) is 0 Å². The molecule has 1 saturated heterocycles. The Kier molecular flexibility index (Phi) is 5.38. The fourth-order valence-corrected chi connectivity index (χ4v) is 2.27. The third-order valence-corrected chi connectivity index (χ3v) is 3.35. The Bertz CT molecular complexity index is 453. The summed E-state index contributed by atoms with van der Waals surface area (Å²) in [4.78, 5) is 8.77. The molecule has 2 N–H and O–H groups in total. The van der Waals surface area contributed by atoms with Crippen molar-refractivity contribution < 1.29 is 4.74 Å². The van der Waals surface area contributed by atoms with Gasteiger partial charge in [-0.2, -0.15) is 0 Å². The summed E-state index contributed by atoms with van der Waals surface area (Å²) >= 11 is 0. The van der Waals surface area contributed by atoms with Crippen LogP contribution in [0.3, 0.4) is 0 Å². The Hall–Kier alpha value is -1.59. The fourth-order valence-electron chi connectivity index (χ4n) is 2.27. The highest BCUT2D eigenvalue weighted by Crippen LogP contribution is 2.12. The molecule has 0 bridgehead atoms. The first-order valence-corrected chi connectivity index (χ1v) is 7.01. The van der Waals surface area contributed by atoms with E-state index in [0.29, 0.717) is 12.5 Å². The molecular weight excluding hydrogens is 252 g/mol. The highest BCUT2D eigenvalue weighted by molar-refractivity contribution is 5.78. The fraction of sp³-hybridized carbons (Fsp3) is 0.533. The zero-order valence-electron chi connectivity index (χ0n) is 12.4. The summed E-state index contributed by atoms with van der Waals surface area (Å²) in [6.45, 7) is 4.67. The molecule has 0 spiro atoms. The van der Waals surface area contributed by atoms with Gasteiger partial charge in [0.25, 0.3) is 0 Å². The Morgan fingerprint density at radius 3 is 2.55 bits per heavy atom. The summed E-state index contributed by atoms with van der Waals surface area (Å²) in [5.41, 5.74) is 8.59. The molecule has 1 heterocycles. The first-order chi connectivity index (χ1) is 9.66. The summed E-state index contributed by atoms with van der Waals surface area (Å²) in [6.07, 6.45) is 0. The Labute approximate surface area is 121 Å². The van der Waals surface area contributed by atoms with Crippen molar-refractivity contribution in [3.8, 4) is 0 Å². The molecule has 20 heavy (non-hydrogen) atoms. The number of benzene rings is 1. The summed E-state index contributed by atoms with van der Waals surface area (Å²) in [6, 6.07) is 8.39. The minimum Gasteiger partial charge on any atom is -0.378 e. The summed E-state index contributed by atoms with van der Waals surface area (Å²) in [7, 11) is 4.14. The van der Waals surface area contributed by atoms with Crippen LogP contribution in [0.1, 0.15) is 11.1 Å². The highest BCUT2D eigenvalue weighted by atomic mass is 16.5. The molecule has 110 valence electrons. The van der Waals surface area contributed by atoms with Gasteiger partial charge in [0.15, 0.2) is 5.96 Å². The Morgan fingerprint density at radius 2 is 1.90 bits per heavy atom. The Balaban J connectivity index is 2.02. The van der Waals surface area contributed by atoms with Crippen LogP contribution >= 0.6 is 0 Å². The minimum absolute atomic E-state index is 0.618. The third-order valence-electron chi connectivity index (χ3n) is 3.35. The molecule has 0 aromatic heterocycles. The van der Waals surface area contributed by atoms with E-state index in [9.17, 15) is 0 Å². The van der Waals surface area contributed by atoms with Gasteiger partial charge in [-0.3, -0.25) is 0 Å². The molecule has 1 aromatic carbocycles. The standard InChI is InChI=1S/C15H24N4O/c1-18(2)12-14-6-4-3-5-13(14)11-17-15(16)19-7-9-20-10-8-19/h3-6H,7-12H2,1-2H3,(H2,16,17). The van der Waals surface area contributed by atoms with Gasteiger partial charge in [0, 0.05) is 19.6 Å². The number of hydrogen-bond donors (Lipinski definition) is 1. The van der Waals surface area contributed by atoms with E-state index >= 15 is 0 Å². The molecule has 0 amide bonds. The number of guanidine groups is 1. The number of aliphatic imine (C=N–C) groups is 1. The monoisotopic (exact) mass is 276 g/mol. The average Bonchev–Trinajstić information content (AvgIpc) is 2.46. The maximum absolute atomic E-state index is 6.06. The van der Waals surface area contributed by atoms with E-state index in [2.05, 4.69) is 53.2 Å². The van der Waals surface area contributed by atoms with Gasteiger partial charge in [0.05, 0.1) is 19.8 Å². The zero-order valence-corrected chi connectivity index (χ0v) is 12.4. The van der Waals surface area contributed by atoms with Crippen LogP contribution in [-0.4, -0.2) is 56.2 Å². The largest absolute Gasteiger partial charge is 0.378 e. The highest BCUT2D eigenvalue weighted by Gasteiger charge is 2.12. The lowest BCUT2D eigenvalue weighted by molar-refractivity contribution is 0.0674. The maximum Gasteiger partial charge on any atom is 0.191 e. The number of rotatable bonds is 4. The van der Waals surface area contributed by atoms with Gasteiger partial charge in [-0.1, -0.05) is 24.3 Å². The van der Waals surface area contributed by atoms with Gasteiger partial charge < -0.3 is 20.3 Å². The van der Waals surface area contributed by atoms with Gasteiger partial charge in [-0.05, 0) is 25.2 Å². The van der Waals surface area contributed by atoms with Crippen molar-refractivity contribution in [3.63, 3.8) is 0 Å². The van der Waals surface area contributed by atoms with E-state index in [1.54, 1.807) is 0 Å². The molecule has 0 aliphatic carbocycles. The molecule has 0 radical (unpaired) electrons. The van der Waals surface area contributed by atoms with Crippen LogP contribution in [0.5, 0.6) is 0 Å². The lowest BCUT2D eigenvalue weighted by Gasteiger charge is -2.27. The van der Waals surface area contributed by atoms with Crippen molar-refractivity contribution in [2.75, 3.05) is 40.4 Å². The molecule has 0 saturated carbocycles. The summed E-state index contributed by atoms with van der Waals surface area (Å²) in [5, 5.41) is 0.